The van der Waals surface area contributed by atoms with Gasteiger partial charge in [0.2, 0.25) is 0 Å². The van der Waals surface area contributed by atoms with E-state index in [1.807, 2.05) is 42.5 Å². The van der Waals surface area contributed by atoms with Crippen LogP contribution in [0.2, 0.25) is 0 Å². The summed E-state index contributed by atoms with van der Waals surface area (Å²) in [6.07, 6.45) is 20.6. The lowest BCUT2D eigenvalue weighted by Gasteiger charge is -2.23. The second-order valence-corrected chi connectivity index (χ2v) is 14.3. The summed E-state index contributed by atoms with van der Waals surface area (Å²) in [6.45, 7) is 1.28. The van der Waals surface area contributed by atoms with Crippen LogP contribution in [0.4, 0.5) is 9.59 Å². The molecule has 0 radical (unpaired) electrons. The number of nitrogens with zero attached hydrogens (tertiary/aromatic N) is 1. The third-order valence-corrected chi connectivity index (χ3v) is 9.96. The lowest BCUT2D eigenvalue weighted by Crippen LogP contribution is -2.23. The Hall–Kier alpha value is -4.88. The summed E-state index contributed by atoms with van der Waals surface area (Å²) >= 11 is 0. The maximum absolute atomic E-state index is 13.1. The second kappa shape index (κ2) is 26.9. The number of aliphatic hydroxyl groups excluding tert-OH is 3. The van der Waals surface area contributed by atoms with Crippen molar-refractivity contribution < 1.29 is 53.4 Å². The van der Waals surface area contributed by atoms with Crippen LogP contribution in [-0.4, -0.2) is 70.1 Å². The Morgan fingerprint density at radius 3 is 2.18 bits per heavy atom. The summed E-state index contributed by atoms with van der Waals surface area (Å²) in [5, 5.41) is 32.0. The number of aromatic nitrogens is 1. The van der Waals surface area contributed by atoms with E-state index in [0.29, 0.717) is 94.7 Å². The normalized spacial score (nSPS) is 18.0. The molecule has 12 heteroatoms. The van der Waals surface area contributed by atoms with Crippen molar-refractivity contribution in [3.8, 4) is 30.4 Å². The van der Waals surface area contributed by atoms with Gasteiger partial charge in [-0.25, -0.2) is 9.59 Å². The highest BCUT2D eigenvalue weighted by Crippen LogP contribution is 2.38. The molecule has 0 bridgehead atoms. The van der Waals surface area contributed by atoms with Crippen LogP contribution in [0, 0.1) is 43.4 Å². The molecule has 0 unspecified atom stereocenters. The van der Waals surface area contributed by atoms with Gasteiger partial charge in [-0.1, -0.05) is 42.5 Å². The second-order valence-electron chi connectivity index (χ2n) is 14.3. The largest absolute Gasteiger partial charge is 0.508 e. The molecule has 12 nitrogen and oxygen atoms in total. The van der Waals surface area contributed by atoms with Crippen LogP contribution in [0.1, 0.15) is 112 Å². The molecule has 1 aliphatic carbocycles. The van der Waals surface area contributed by atoms with Gasteiger partial charge in [-0.3, -0.25) is 9.78 Å². The van der Waals surface area contributed by atoms with Crippen LogP contribution in [-0.2, 0) is 43.4 Å². The van der Waals surface area contributed by atoms with Crippen LogP contribution in [0.25, 0.3) is 0 Å². The van der Waals surface area contributed by atoms with Gasteiger partial charge in [-0.15, -0.1) is 24.7 Å². The molecule has 0 spiro atoms. The highest BCUT2D eigenvalue weighted by Gasteiger charge is 2.40. The molecule has 0 saturated heterocycles. The fourth-order valence-corrected chi connectivity index (χ4v) is 6.73. The zero-order valence-corrected chi connectivity index (χ0v) is 33.2. The molecule has 1 aromatic carbocycles. The molecule has 3 rings (SSSR count). The van der Waals surface area contributed by atoms with Crippen molar-refractivity contribution in [2.24, 2.45) is 11.8 Å². The number of carbonyl (C=O) groups excluding carboxylic acids is 3. The van der Waals surface area contributed by atoms with Crippen LogP contribution in [0.15, 0.2) is 48.7 Å². The summed E-state index contributed by atoms with van der Waals surface area (Å²) in [7, 11) is 0. The average molecular weight is 790 g/mol. The van der Waals surface area contributed by atoms with Crippen molar-refractivity contribution in [2.45, 2.75) is 135 Å². The van der Waals surface area contributed by atoms with E-state index >= 15 is 0 Å². The van der Waals surface area contributed by atoms with Crippen molar-refractivity contribution >= 4 is 18.3 Å². The van der Waals surface area contributed by atoms with E-state index in [-0.39, 0.29) is 56.0 Å². The molecular formula is C45H59NO11. The van der Waals surface area contributed by atoms with Gasteiger partial charge < -0.3 is 39.0 Å². The van der Waals surface area contributed by atoms with Gasteiger partial charge in [0.05, 0.1) is 37.2 Å². The highest BCUT2D eigenvalue weighted by molar-refractivity contribution is 5.73. The first-order valence-electron chi connectivity index (χ1n) is 20.0. The van der Waals surface area contributed by atoms with E-state index < -0.39 is 36.6 Å². The summed E-state index contributed by atoms with van der Waals surface area (Å²) in [5.41, 5.74) is 2.17. The van der Waals surface area contributed by atoms with Gasteiger partial charge in [-0.2, -0.15) is 0 Å². The number of terminal acetylenes is 2. The van der Waals surface area contributed by atoms with Crippen molar-refractivity contribution in [2.75, 3.05) is 13.2 Å². The number of carbonyl (C=O) groups is 3. The lowest BCUT2D eigenvalue weighted by atomic mass is 9.85. The Labute approximate surface area is 337 Å². The fourth-order valence-electron chi connectivity index (χ4n) is 6.73. The summed E-state index contributed by atoms with van der Waals surface area (Å²) in [4.78, 5) is 42.0. The Morgan fingerprint density at radius 2 is 1.51 bits per heavy atom. The summed E-state index contributed by atoms with van der Waals surface area (Å²) in [5.74, 6) is 4.37. The number of benzene rings is 1. The molecule has 57 heavy (non-hydrogen) atoms. The number of aliphatic hydroxyl groups is 3. The molecule has 1 heterocycles. The average Bonchev–Trinajstić information content (AvgIpc) is 3.47. The van der Waals surface area contributed by atoms with Gasteiger partial charge in [-0.05, 0) is 101 Å². The minimum atomic E-state index is -0.921. The van der Waals surface area contributed by atoms with Crippen molar-refractivity contribution in [1.29, 1.82) is 0 Å². The molecule has 1 aromatic heterocycles. The Morgan fingerprint density at radius 1 is 0.860 bits per heavy atom. The zero-order valence-electron chi connectivity index (χ0n) is 33.2. The van der Waals surface area contributed by atoms with Crippen LogP contribution < -0.4 is 4.74 Å². The number of pyridine rings is 1. The molecule has 0 aliphatic heterocycles. The van der Waals surface area contributed by atoms with Crippen molar-refractivity contribution in [3.05, 3.63) is 71.1 Å². The molecule has 0 amide bonds. The van der Waals surface area contributed by atoms with Crippen LogP contribution in [0.3, 0.4) is 0 Å². The number of hydrogen-bond donors (Lipinski definition) is 3. The molecule has 1 fully saturated rings. The topological polar surface area (TPSA) is 171 Å². The Bertz CT molecular complexity index is 1630. The molecule has 5 atom stereocenters. The SMILES string of the molecule is C#CCCCCOC(=O)OCc1cnc(C)c(OC(=O)CCC/C=C\C[C@@H]2[C@@H](CC[C@@H](O)CCc3ccccc3)[C@H](O)C[C@@H]2O)c1COC(=O)OCCCCC#C. The molecule has 310 valence electrons. The number of esters is 1. The maximum atomic E-state index is 13.1. The molecule has 2 aromatic rings. The number of hydrogen-bond acceptors (Lipinski definition) is 12. The minimum absolute atomic E-state index is 0.0742. The predicted molar refractivity (Wildman–Crippen MR) is 213 cm³/mol. The van der Waals surface area contributed by atoms with Gasteiger partial charge >= 0.3 is 18.3 Å². The predicted octanol–water partition coefficient (Wildman–Crippen LogP) is 7.46. The van der Waals surface area contributed by atoms with Gasteiger partial charge in [0.15, 0.2) is 5.75 Å². The first-order chi connectivity index (χ1) is 27.6. The number of rotatable bonds is 25. The quantitative estimate of drug-likeness (QED) is 0.0393. The first-order valence-corrected chi connectivity index (χ1v) is 20.0. The highest BCUT2D eigenvalue weighted by atomic mass is 16.7. The Kier molecular flexibility index (Phi) is 21.9. The number of unbranched alkanes of at least 4 members (excludes halogenated alkanes) is 5. The number of ether oxygens (including phenoxy) is 5. The van der Waals surface area contributed by atoms with E-state index in [9.17, 15) is 29.7 Å². The van der Waals surface area contributed by atoms with E-state index in [1.54, 1.807) is 6.92 Å². The van der Waals surface area contributed by atoms with Gasteiger partial charge in [0.25, 0.3) is 0 Å². The van der Waals surface area contributed by atoms with Gasteiger partial charge in [0, 0.05) is 36.6 Å². The minimum Gasteiger partial charge on any atom is -0.434 e. The zero-order chi connectivity index (χ0) is 41.3. The molecular weight excluding hydrogens is 730 g/mol. The summed E-state index contributed by atoms with van der Waals surface area (Å²) in [6, 6.07) is 10.0. The molecule has 1 aliphatic rings. The third-order valence-electron chi connectivity index (χ3n) is 9.96. The van der Waals surface area contributed by atoms with E-state index in [1.165, 1.54) is 11.8 Å². The summed E-state index contributed by atoms with van der Waals surface area (Å²) < 4.78 is 26.6. The van der Waals surface area contributed by atoms with Gasteiger partial charge in [0.1, 0.15) is 13.2 Å². The maximum Gasteiger partial charge on any atom is 0.508 e. The van der Waals surface area contributed by atoms with Crippen molar-refractivity contribution in [3.63, 3.8) is 0 Å². The van der Waals surface area contributed by atoms with E-state index in [0.717, 1.165) is 6.42 Å². The first kappa shape index (κ1) is 46.5. The third kappa shape index (κ3) is 17.9. The van der Waals surface area contributed by atoms with E-state index in [2.05, 4.69) is 16.8 Å². The fraction of sp³-hybridized carbons (Fsp3) is 0.556. The molecule has 3 N–H and O–H groups in total. The smallest absolute Gasteiger partial charge is 0.434 e. The number of aryl methyl sites for hydroxylation is 2. The standard InChI is InChI=1S/C45H59NO11/c1-4-6-8-17-27-53-44(51)55-31-35-30-46-33(3)43(39(35)32-56-45(52)54-28-18-9-7-5-2)57-42(50)22-16-11-10-15-21-37-38(41(49)29-40(37)48)26-25-36(47)24-23-34-19-13-12-14-20-34/h1-2,10,12-15,19-20,30,36-38,40-41,47-49H,6-9,11,16-18,21-29,31-32H2,3H3/b15-10-/t36-,37+,38+,40-,41+/m0/s1. The Balaban J connectivity index is 1.52. The van der Waals surface area contributed by atoms with Crippen molar-refractivity contribution in [1.82, 2.24) is 4.98 Å². The van der Waals surface area contributed by atoms with Crippen LogP contribution >= 0.6 is 0 Å². The van der Waals surface area contributed by atoms with Crippen LogP contribution in [0.5, 0.6) is 5.75 Å². The lowest BCUT2D eigenvalue weighted by molar-refractivity contribution is -0.134. The number of allylic oxidation sites excluding steroid dienone is 2. The monoisotopic (exact) mass is 789 g/mol. The van der Waals surface area contributed by atoms with E-state index in [4.69, 9.17) is 36.5 Å². The molecule has 1 saturated carbocycles.